The quantitative estimate of drug-likeness (QED) is 0.459. The minimum absolute atomic E-state index is 0.0443. The van der Waals surface area contributed by atoms with Crippen molar-refractivity contribution in [1.82, 2.24) is 20.9 Å². The number of methoxy groups -OCH3 is 1. The molecule has 1 saturated heterocycles. The van der Waals surface area contributed by atoms with Crippen LogP contribution >= 0.6 is 0 Å². The first-order chi connectivity index (χ1) is 12.3. The lowest BCUT2D eigenvalue weighted by Crippen LogP contribution is -2.52. The first-order valence-electron chi connectivity index (χ1n) is 8.49. The van der Waals surface area contributed by atoms with Gasteiger partial charge < -0.3 is 25.6 Å². The number of ketones is 1. The molecule has 1 fully saturated rings. The fourth-order valence-electron chi connectivity index (χ4n) is 2.98. The normalized spacial score (nSPS) is 18.8. The van der Waals surface area contributed by atoms with Crippen LogP contribution in [0.3, 0.4) is 0 Å². The summed E-state index contributed by atoms with van der Waals surface area (Å²) in [5.41, 5.74) is 0. The summed E-state index contributed by atoms with van der Waals surface area (Å²) >= 11 is 0. The van der Waals surface area contributed by atoms with Gasteiger partial charge in [0.1, 0.15) is 12.6 Å². The number of carbonyl (C=O) groups excluding carboxylic acids is 5. The molecule has 1 heterocycles. The van der Waals surface area contributed by atoms with Gasteiger partial charge in [0.05, 0.1) is 13.7 Å². The third-order valence-corrected chi connectivity index (χ3v) is 4.24. The van der Waals surface area contributed by atoms with E-state index in [1.165, 1.54) is 19.1 Å². The van der Waals surface area contributed by atoms with Gasteiger partial charge in [-0.2, -0.15) is 0 Å². The molecule has 1 unspecified atom stereocenters. The van der Waals surface area contributed by atoms with E-state index < -0.39 is 42.2 Å². The van der Waals surface area contributed by atoms with Gasteiger partial charge >= 0.3 is 6.09 Å². The zero-order chi connectivity index (χ0) is 19.7. The topological polar surface area (TPSA) is 134 Å². The Morgan fingerprint density at radius 2 is 1.81 bits per heavy atom. The molecule has 1 aliphatic heterocycles. The van der Waals surface area contributed by atoms with Crippen molar-refractivity contribution in [3.8, 4) is 0 Å². The lowest BCUT2D eigenvalue weighted by Gasteiger charge is -2.27. The molecule has 4 amide bonds. The first-order valence-corrected chi connectivity index (χ1v) is 8.49. The Balaban J connectivity index is 2.76. The van der Waals surface area contributed by atoms with E-state index in [1.807, 2.05) is 6.92 Å². The van der Waals surface area contributed by atoms with Crippen LogP contribution in [0.15, 0.2) is 0 Å². The zero-order valence-corrected chi connectivity index (χ0v) is 15.3. The summed E-state index contributed by atoms with van der Waals surface area (Å²) in [6.07, 6.45) is 1.50. The number of alkyl carbamates (subject to hydrolysis) is 1. The van der Waals surface area contributed by atoms with Crippen LogP contribution in [0.2, 0.25) is 0 Å². The maximum Gasteiger partial charge on any atom is 0.407 e. The molecule has 0 aromatic rings. The van der Waals surface area contributed by atoms with E-state index in [9.17, 15) is 24.0 Å². The summed E-state index contributed by atoms with van der Waals surface area (Å²) in [5.74, 6) is -2.50. The van der Waals surface area contributed by atoms with Gasteiger partial charge in [0.2, 0.25) is 17.6 Å². The molecule has 0 saturated carbocycles. The van der Waals surface area contributed by atoms with Gasteiger partial charge in [-0.05, 0) is 18.8 Å². The predicted octanol–water partition coefficient (Wildman–Crippen LogP) is -1.21. The van der Waals surface area contributed by atoms with Gasteiger partial charge in [-0.1, -0.05) is 13.3 Å². The fourth-order valence-corrected chi connectivity index (χ4v) is 2.98. The molecule has 0 spiro atoms. The summed E-state index contributed by atoms with van der Waals surface area (Å²) < 4.78 is 4.42. The molecule has 10 nitrogen and oxygen atoms in total. The molecule has 1 rings (SSSR count). The highest BCUT2D eigenvalue weighted by Crippen LogP contribution is 2.28. The van der Waals surface area contributed by atoms with Gasteiger partial charge in [-0.25, -0.2) is 4.79 Å². The molecule has 10 heteroatoms. The number of hydrogen-bond acceptors (Lipinski definition) is 6. The Morgan fingerprint density at radius 1 is 1.12 bits per heavy atom. The lowest BCUT2D eigenvalue weighted by molar-refractivity contribution is -0.140. The largest absolute Gasteiger partial charge is 0.453 e. The lowest BCUT2D eigenvalue weighted by atomic mass is 9.94. The third kappa shape index (κ3) is 5.71. The molecule has 2 atom stereocenters. The standard InChI is InChI=1S/C16H26N4O6/c1-4-5-10-6-7-20(12(22)9-19-16(25)26-3)13(10)15(24)18-8-11(21)14(23)17-2/h10,13H,4-9H2,1-3H3,(H,17,23)(H,18,24)(H,19,25)/t10-,13?/m0/s1. The minimum Gasteiger partial charge on any atom is -0.453 e. The number of likely N-dealkylation sites (tertiary alicyclic amines) is 1. The van der Waals surface area contributed by atoms with Crippen LogP contribution in [0.1, 0.15) is 26.2 Å². The van der Waals surface area contributed by atoms with E-state index in [2.05, 4.69) is 20.7 Å². The summed E-state index contributed by atoms with van der Waals surface area (Å²) in [7, 11) is 2.51. The molecule has 0 aromatic carbocycles. The first kappa shape index (κ1) is 21.4. The van der Waals surface area contributed by atoms with Crippen LogP contribution in [0, 0.1) is 5.92 Å². The van der Waals surface area contributed by atoms with Crippen LogP contribution in [0.25, 0.3) is 0 Å². The highest BCUT2D eigenvalue weighted by atomic mass is 16.5. The average molecular weight is 370 g/mol. The van der Waals surface area contributed by atoms with Crippen LogP contribution in [-0.2, 0) is 23.9 Å². The van der Waals surface area contributed by atoms with E-state index >= 15 is 0 Å². The number of Topliss-reactive ketones (excluding diaryl/α,β-unsaturated/α-hetero) is 1. The molecule has 146 valence electrons. The van der Waals surface area contributed by atoms with E-state index in [4.69, 9.17) is 0 Å². The maximum absolute atomic E-state index is 12.6. The Bertz CT molecular complexity index is 565. The molecular weight excluding hydrogens is 344 g/mol. The number of ether oxygens (including phenoxy) is 1. The van der Waals surface area contributed by atoms with Gasteiger partial charge in [0, 0.05) is 13.6 Å². The maximum atomic E-state index is 12.6. The Morgan fingerprint density at radius 3 is 2.38 bits per heavy atom. The van der Waals surface area contributed by atoms with E-state index in [-0.39, 0.29) is 12.5 Å². The summed E-state index contributed by atoms with van der Waals surface area (Å²) in [4.78, 5) is 60.2. The summed E-state index contributed by atoms with van der Waals surface area (Å²) in [6, 6.07) is -0.737. The van der Waals surface area contributed by atoms with Gasteiger partial charge in [0.25, 0.3) is 5.91 Å². The van der Waals surface area contributed by atoms with Crippen molar-refractivity contribution in [2.75, 3.05) is 33.8 Å². The van der Waals surface area contributed by atoms with Crippen molar-refractivity contribution in [3.05, 3.63) is 0 Å². The Kier molecular flexibility index (Phi) is 8.53. The van der Waals surface area contributed by atoms with Crippen LogP contribution in [0.5, 0.6) is 0 Å². The number of nitrogens with one attached hydrogen (secondary N) is 3. The molecular formula is C16H26N4O6. The van der Waals surface area contributed by atoms with Crippen molar-refractivity contribution < 1.29 is 28.7 Å². The second-order valence-electron chi connectivity index (χ2n) is 5.93. The minimum atomic E-state index is -0.794. The summed E-state index contributed by atoms with van der Waals surface area (Å²) in [6.45, 7) is 1.64. The van der Waals surface area contributed by atoms with Crippen molar-refractivity contribution in [2.45, 2.75) is 32.2 Å². The van der Waals surface area contributed by atoms with Crippen molar-refractivity contribution in [3.63, 3.8) is 0 Å². The average Bonchev–Trinajstić information content (AvgIpc) is 3.06. The second kappa shape index (κ2) is 10.4. The molecule has 0 aromatic heterocycles. The molecule has 1 aliphatic rings. The number of amides is 4. The zero-order valence-electron chi connectivity index (χ0n) is 15.3. The van der Waals surface area contributed by atoms with Gasteiger partial charge in [-0.3, -0.25) is 19.2 Å². The highest BCUT2D eigenvalue weighted by Gasteiger charge is 2.41. The second-order valence-corrected chi connectivity index (χ2v) is 5.93. The molecule has 0 bridgehead atoms. The number of rotatable bonds is 8. The smallest absolute Gasteiger partial charge is 0.407 e. The SMILES string of the molecule is CCC[C@H]1CCN(C(=O)CNC(=O)OC)C1C(=O)NCC(=O)C(=O)NC. The van der Waals surface area contributed by atoms with Crippen LogP contribution in [-0.4, -0.2) is 74.3 Å². The number of likely N-dealkylation sites (N-methyl/N-ethyl adjacent to an activating group) is 1. The van der Waals surface area contributed by atoms with E-state index in [0.29, 0.717) is 13.0 Å². The van der Waals surface area contributed by atoms with Crippen molar-refractivity contribution in [1.29, 1.82) is 0 Å². The number of hydrogen-bond donors (Lipinski definition) is 3. The monoisotopic (exact) mass is 370 g/mol. The number of carbonyl (C=O) groups is 5. The molecule has 0 aliphatic carbocycles. The highest BCUT2D eigenvalue weighted by molar-refractivity contribution is 6.37. The van der Waals surface area contributed by atoms with Crippen LogP contribution in [0.4, 0.5) is 4.79 Å². The fraction of sp³-hybridized carbons (Fsp3) is 0.688. The Labute approximate surface area is 152 Å². The molecule has 0 radical (unpaired) electrons. The summed E-state index contributed by atoms with van der Waals surface area (Å²) in [5, 5.41) is 6.92. The van der Waals surface area contributed by atoms with Crippen molar-refractivity contribution >= 4 is 29.6 Å². The van der Waals surface area contributed by atoms with Crippen molar-refractivity contribution in [2.24, 2.45) is 5.92 Å². The molecule has 3 N–H and O–H groups in total. The Hall–Kier alpha value is -2.65. The molecule has 26 heavy (non-hydrogen) atoms. The predicted molar refractivity (Wildman–Crippen MR) is 91.0 cm³/mol. The van der Waals surface area contributed by atoms with E-state index in [1.54, 1.807) is 0 Å². The van der Waals surface area contributed by atoms with Crippen LogP contribution < -0.4 is 16.0 Å². The van der Waals surface area contributed by atoms with E-state index in [0.717, 1.165) is 12.8 Å². The van der Waals surface area contributed by atoms with Gasteiger partial charge in [0.15, 0.2) is 0 Å². The number of nitrogens with zero attached hydrogens (tertiary/aromatic N) is 1. The van der Waals surface area contributed by atoms with Gasteiger partial charge in [-0.15, -0.1) is 0 Å². The third-order valence-electron chi connectivity index (χ3n) is 4.24.